The van der Waals surface area contributed by atoms with Crippen LogP contribution in [0.25, 0.3) is 11.4 Å². The van der Waals surface area contributed by atoms with Crippen molar-refractivity contribution in [2.45, 2.75) is 13.5 Å². The maximum Gasteiger partial charge on any atom is 0.164 e. The van der Waals surface area contributed by atoms with Crippen LogP contribution < -0.4 is 5.73 Å². The summed E-state index contributed by atoms with van der Waals surface area (Å²) in [7, 11) is 1.68. The Kier molecular flexibility index (Phi) is 3.39. The highest BCUT2D eigenvalue weighted by atomic mass is 16.5. The van der Waals surface area contributed by atoms with Crippen LogP contribution in [0.4, 0.5) is 5.69 Å². The van der Waals surface area contributed by atoms with Gasteiger partial charge in [0, 0.05) is 24.9 Å². The lowest BCUT2D eigenvalue weighted by Gasteiger charge is -2.09. The van der Waals surface area contributed by atoms with Crippen molar-refractivity contribution in [3.63, 3.8) is 0 Å². The van der Waals surface area contributed by atoms with Gasteiger partial charge in [0.2, 0.25) is 0 Å². The first-order valence-electron chi connectivity index (χ1n) is 5.46. The molecule has 5 heteroatoms. The number of rotatable bonds is 4. The monoisotopic (exact) mass is 232 g/mol. The van der Waals surface area contributed by atoms with E-state index in [1.54, 1.807) is 13.4 Å². The van der Waals surface area contributed by atoms with Gasteiger partial charge in [-0.1, -0.05) is 12.1 Å². The molecular formula is C12H16N4O. The Hall–Kier alpha value is -1.88. The summed E-state index contributed by atoms with van der Waals surface area (Å²) < 4.78 is 7.02. The van der Waals surface area contributed by atoms with Gasteiger partial charge in [-0.05, 0) is 18.6 Å². The summed E-state index contributed by atoms with van der Waals surface area (Å²) in [6, 6.07) is 5.81. The number of hydrogen-bond acceptors (Lipinski definition) is 4. The lowest BCUT2D eigenvalue weighted by atomic mass is 10.1. The molecule has 2 N–H and O–H groups in total. The van der Waals surface area contributed by atoms with E-state index in [1.165, 1.54) is 0 Å². The number of aromatic nitrogens is 3. The van der Waals surface area contributed by atoms with E-state index in [4.69, 9.17) is 10.5 Å². The number of hydrogen-bond donors (Lipinski definition) is 1. The molecule has 0 fully saturated rings. The van der Waals surface area contributed by atoms with Crippen LogP contribution in [0.15, 0.2) is 24.5 Å². The van der Waals surface area contributed by atoms with Crippen molar-refractivity contribution < 1.29 is 4.74 Å². The second-order valence-electron chi connectivity index (χ2n) is 3.86. The predicted molar refractivity (Wildman–Crippen MR) is 66.5 cm³/mol. The van der Waals surface area contributed by atoms with E-state index in [1.807, 2.05) is 29.7 Å². The van der Waals surface area contributed by atoms with Crippen molar-refractivity contribution in [2.75, 3.05) is 19.5 Å². The highest BCUT2D eigenvalue weighted by molar-refractivity contribution is 5.67. The van der Waals surface area contributed by atoms with Gasteiger partial charge in [0.25, 0.3) is 0 Å². The Morgan fingerprint density at radius 1 is 1.41 bits per heavy atom. The molecule has 17 heavy (non-hydrogen) atoms. The maximum absolute atomic E-state index is 5.89. The number of nitrogens with zero attached hydrogens (tertiary/aromatic N) is 3. The molecule has 1 heterocycles. The number of ether oxygens (including phenoxy) is 1. The Morgan fingerprint density at radius 2 is 2.24 bits per heavy atom. The van der Waals surface area contributed by atoms with Crippen LogP contribution in [0, 0.1) is 6.92 Å². The standard InChI is InChI=1S/C12H16N4O/c1-9-10(4-3-5-11(9)13)12-15-14-8-16(12)6-7-17-2/h3-5,8H,6-7,13H2,1-2H3. The van der Waals surface area contributed by atoms with E-state index in [-0.39, 0.29) is 0 Å². The summed E-state index contributed by atoms with van der Waals surface area (Å²) in [5, 5.41) is 8.08. The average Bonchev–Trinajstić information content (AvgIpc) is 2.78. The fourth-order valence-corrected chi connectivity index (χ4v) is 1.71. The lowest BCUT2D eigenvalue weighted by Crippen LogP contribution is -2.06. The summed E-state index contributed by atoms with van der Waals surface area (Å²) in [6.07, 6.45) is 1.71. The van der Waals surface area contributed by atoms with E-state index in [9.17, 15) is 0 Å². The van der Waals surface area contributed by atoms with Crippen LogP contribution >= 0.6 is 0 Å². The predicted octanol–water partition coefficient (Wildman–Crippen LogP) is 1.48. The van der Waals surface area contributed by atoms with E-state index in [0.717, 1.165) is 29.2 Å². The maximum atomic E-state index is 5.89. The summed E-state index contributed by atoms with van der Waals surface area (Å²) in [5.74, 6) is 0.826. The molecule has 0 saturated carbocycles. The van der Waals surface area contributed by atoms with Crippen molar-refractivity contribution in [2.24, 2.45) is 0 Å². The minimum atomic E-state index is 0.631. The highest BCUT2D eigenvalue weighted by Crippen LogP contribution is 2.25. The molecule has 0 bridgehead atoms. The van der Waals surface area contributed by atoms with Crippen molar-refractivity contribution in [1.29, 1.82) is 0 Å². The summed E-state index contributed by atoms with van der Waals surface area (Å²) in [5.41, 5.74) is 8.70. The number of nitrogens with two attached hydrogens (primary N) is 1. The van der Waals surface area contributed by atoms with E-state index < -0.39 is 0 Å². The Morgan fingerprint density at radius 3 is 3.00 bits per heavy atom. The average molecular weight is 232 g/mol. The third kappa shape index (κ3) is 2.29. The molecule has 0 atom stereocenters. The van der Waals surface area contributed by atoms with Gasteiger partial charge in [0.05, 0.1) is 6.61 Å². The first-order chi connectivity index (χ1) is 8.24. The van der Waals surface area contributed by atoms with Gasteiger partial charge in [-0.25, -0.2) is 0 Å². The zero-order valence-electron chi connectivity index (χ0n) is 10.1. The van der Waals surface area contributed by atoms with Gasteiger partial charge >= 0.3 is 0 Å². The third-order valence-electron chi connectivity index (χ3n) is 2.77. The second kappa shape index (κ2) is 4.97. The minimum Gasteiger partial charge on any atom is -0.398 e. The molecule has 2 rings (SSSR count). The fourth-order valence-electron chi connectivity index (χ4n) is 1.71. The van der Waals surface area contributed by atoms with Crippen molar-refractivity contribution in [3.05, 3.63) is 30.1 Å². The number of methoxy groups -OCH3 is 1. The molecule has 1 aromatic carbocycles. The molecule has 0 radical (unpaired) electrons. The van der Waals surface area contributed by atoms with E-state index >= 15 is 0 Å². The van der Waals surface area contributed by atoms with Gasteiger partial charge in [-0.2, -0.15) is 0 Å². The molecule has 5 nitrogen and oxygen atoms in total. The molecule has 90 valence electrons. The normalized spacial score (nSPS) is 10.7. The van der Waals surface area contributed by atoms with Crippen LogP contribution in [0.5, 0.6) is 0 Å². The third-order valence-corrected chi connectivity index (χ3v) is 2.77. The SMILES string of the molecule is COCCn1cnnc1-c1cccc(N)c1C. The van der Waals surface area contributed by atoms with Crippen LogP contribution in [-0.4, -0.2) is 28.5 Å². The summed E-state index contributed by atoms with van der Waals surface area (Å²) >= 11 is 0. The quantitative estimate of drug-likeness (QED) is 0.811. The first-order valence-corrected chi connectivity index (χ1v) is 5.46. The van der Waals surface area contributed by atoms with Crippen LogP contribution in [0.2, 0.25) is 0 Å². The summed E-state index contributed by atoms with van der Waals surface area (Å²) in [6.45, 7) is 3.35. The number of benzene rings is 1. The summed E-state index contributed by atoms with van der Waals surface area (Å²) in [4.78, 5) is 0. The molecule has 0 aliphatic rings. The van der Waals surface area contributed by atoms with Crippen LogP contribution in [0.3, 0.4) is 0 Å². The Balaban J connectivity index is 2.39. The second-order valence-corrected chi connectivity index (χ2v) is 3.86. The van der Waals surface area contributed by atoms with Gasteiger partial charge in [-0.3, -0.25) is 0 Å². The molecule has 0 amide bonds. The molecular weight excluding hydrogens is 216 g/mol. The largest absolute Gasteiger partial charge is 0.398 e. The van der Waals surface area contributed by atoms with Gasteiger partial charge in [0.15, 0.2) is 5.82 Å². The Bertz CT molecular complexity index is 507. The fraction of sp³-hybridized carbons (Fsp3) is 0.333. The lowest BCUT2D eigenvalue weighted by molar-refractivity contribution is 0.187. The van der Waals surface area contributed by atoms with Gasteiger partial charge < -0.3 is 15.0 Å². The van der Waals surface area contributed by atoms with Crippen molar-refractivity contribution in [1.82, 2.24) is 14.8 Å². The van der Waals surface area contributed by atoms with Crippen molar-refractivity contribution in [3.8, 4) is 11.4 Å². The number of nitrogen functional groups attached to an aromatic ring is 1. The van der Waals surface area contributed by atoms with E-state index in [0.29, 0.717) is 6.61 Å². The minimum absolute atomic E-state index is 0.631. The molecule has 0 aliphatic carbocycles. The topological polar surface area (TPSA) is 66.0 Å². The van der Waals surface area contributed by atoms with Gasteiger partial charge in [-0.15, -0.1) is 10.2 Å². The molecule has 2 aromatic rings. The van der Waals surface area contributed by atoms with E-state index in [2.05, 4.69) is 10.2 Å². The zero-order valence-corrected chi connectivity index (χ0v) is 10.1. The molecule has 0 spiro atoms. The molecule has 1 aromatic heterocycles. The first kappa shape index (κ1) is 11.6. The number of anilines is 1. The molecule has 0 aliphatic heterocycles. The van der Waals surface area contributed by atoms with Crippen LogP contribution in [-0.2, 0) is 11.3 Å². The van der Waals surface area contributed by atoms with Gasteiger partial charge in [0.1, 0.15) is 6.33 Å². The molecule has 0 unspecified atom stereocenters. The van der Waals surface area contributed by atoms with Crippen LogP contribution in [0.1, 0.15) is 5.56 Å². The zero-order chi connectivity index (χ0) is 12.3. The Labute approximate surface area is 100 Å². The highest BCUT2D eigenvalue weighted by Gasteiger charge is 2.10. The molecule has 0 saturated heterocycles. The van der Waals surface area contributed by atoms with Crippen molar-refractivity contribution >= 4 is 5.69 Å². The smallest absolute Gasteiger partial charge is 0.164 e.